The molecule has 22 rings (SSSR count). The Morgan fingerprint density at radius 3 is 1.01 bits per heavy atom. The van der Waals surface area contributed by atoms with Crippen LogP contribution in [0.5, 0.6) is 0 Å². The lowest BCUT2D eigenvalue weighted by molar-refractivity contribution is 1.07. The molecule has 0 bridgehead atoms. The number of thiophene rings is 2. The molecule has 0 saturated carbocycles. The van der Waals surface area contributed by atoms with Crippen LogP contribution < -0.4 is 0 Å². The van der Waals surface area contributed by atoms with Gasteiger partial charge in [-0.25, -0.2) is 29.9 Å². The molecule has 0 aliphatic rings. The SMILES string of the molecule is c1ccc(-c2cnc(-c3ccc4c(c3)sc3c4ccc4c3c3ccccc3n4-c3ccccc3)c(-c3nc(-c4ccccc4)nc(-c4ccccc4)n3)c2)cc1.c1ccc(-c2cnc(-c3cccc4c3sc3c4ccc4c3c3ccccc3n4-c3ccccc3)c(-c3nc(-c4ccccc4)nc(-c4ccccc4)n3)c2)cc1. The molecule has 0 spiro atoms. The van der Waals surface area contributed by atoms with Crippen molar-refractivity contribution in [2.24, 2.45) is 0 Å². The number of pyridine rings is 2. The Morgan fingerprint density at radius 1 is 0.205 bits per heavy atom. The van der Waals surface area contributed by atoms with Crippen molar-refractivity contribution >= 4 is 107 Å². The van der Waals surface area contributed by atoms with Crippen molar-refractivity contribution in [2.45, 2.75) is 0 Å². The summed E-state index contributed by atoms with van der Waals surface area (Å²) < 4.78 is 9.68. The number of rotatable bonds is 12. The average molecular weight is 1470 g/mol. The highest BCUT2D eigenvalue weighted by molar-refractivity contribution is 7.27. The predicted octanol–water partition coefficient (Wildman–Crippen LogP) is 26.1. The van der Waals surface area contributed by atoms with Crippen molar-refractivity contribution in [3.63, 3.8) is 0 Å². The molecule has 14 aromatic carbocycles. The van der Waals surface area contributed by atoms with Crippen LogP contribution in [0.3, 0.4) is 0 Å². The number of fused-ring (bicyclic) bond motifs is 14. The topological polar surface area (TPSA) is 113 Å². The molecule has 0 amide bonds. The van der Waals surface area contributed by atoms with Gasteiger partial charge in [-0.15, -0.1) is 22.7 Å². The predicted molar refractivity (Wildman–Crippen MR) is 464 cm³/mol. The first-order valence-electron chi connectivity index (χ1n) is 37.3. The number of para-hydroxylation sites is 4. The summed E-state index contributed by atoms with van der Waals surface area (Å²) in [5, 5.41) is 9.95. The minimum absolute atomic E-state index is 0.574. The zero-order chi connectivity index (χ0) is 74.0. The van der Waals surface area contributed by atoms with Crippen LogP contribution >= 0.6 is 22.7 Å². The summed E-state index contributed by atoms with van der Waals surface area (Å²) in [6.07, 6.45) is 3.94. The molecule has 0 unspecified atom stereocenters. The van der Waals surface area contributed by atoms with Gasteiger partial charge in [0.1, 0.15) is 0 Å². The molecule has 8 aromatic heterocycles. The molecule has 0 saturated heterocycles. The van der Waals surface area contributed by atoms with E-state index in [0.717, 1.165) is 89.5 Å². The summed E-state index contributed by atoms with van der Waals surface area (Å²) >= 11 is 3.68. The van der Waals surface area contributed by atoms with Crippen LogP contribution in [0, 0.1) is 0 Å². The molecule has 0 atom stereocenters. The summed E-state index contributed by atoms with van der Waals surface area (Å²) in [7, 11) is 0. The molecule has 112 heavy (non-hydrogen) atoms. The molecular weight excluding hydrogens is 1410 g/mol. The first kappa shape index (κ1) is 65.7. The summed E-state index contributed by atoms with van der Waals surface area (Å²) in [4.78, 5) is 41.1. The molecule has 22 aromatic rings. The Kier molecular flexibility index (Phi) is 16.4. The van der Waals surface area contributed by atoms with Gasteiger partial charge in [0, 0.05) is 141 Å². The Bertz CT molecular complexity index is 7220. The van der Waals surface area contributed by atoms with E-state index in [1.165, 1.54) is 84.0 Å². The van der Waals surface area contributed by atoms with E-state index in [0.29, 0.717) is 34.9 Å². The lowest BCUT2D eigenvalue weighted by atomic mass is 9.98. The second kappa shape index (κ2) is 27.9. The molecule has 0 aliphatic carbocycles. The minimum atomic E-state index is 0.574. The molecule has 0 aliphatic heterocycles. The van der Waals surface area contributed by atoms with Crippen molar-refractivity contribution in [2.75, 3.05) is 0 Å². The highest BCUT2D eigenvalue weighted by Crippen LogP contribution is 2.49. The van der Waals surface area contributed by atoms with Crippen LogP contribution in [-0.2, 0) is 0 Å². The van der Waals surface area contributed by atoms with E-state index in [2.05, 4.69) is 240 Å². The number of benzene rings is 14. The van der Waals surface area contributed by atoms with E-state index < -0.39 is 0 Å². The fourth-order valence-corrected chi connectivity index (χ4v) is 18.5. The van der Waals surface area contributed by atoms with Gasteiger partial charge in [-0.2, -0.15) is 0 Å². The van der Waals surface area contributed by atoms with E-state index in [9.17, 15) is 0 Å². The van der Waals surface area contributed by atoms with Gasteiger partial charge in [-0.3, -0.25) is 9.97 Å². The molecule has 524 valence electrons. The van der Waals surface area contributed by atoms with Crippen molar-refractivity contribution in [1.82, 2.24) is 49.0 Å². The van der Waals surface area contributed by atoms with Crippen LogP contribution in [-0.4, -0.2) is 49.0 Å². The third-order valence-corrected chi connectivity index (χ3v) is 23.5. The van der Waals surface area contributed by atoms with E-state index in [1.54, 1.807) is 0 Å². The summed E-state index contributed by atoms with van der Waals surface area (Å²) in [5.41, 5.74) is 20.3. The highest BCUT2D eigenvalue weighted by Gasteiger charge is 2.26. The van der Waals surface area contributed by atoms with E-state index >= 15 is 0 Å². The number of nitrogens with zero attached hydrogens (tertiary/aromatic N) is 10. The fourth-order valence-electron chi connectivity index (χ4n) is 15.8. The second-order valence-corrected chi connectivity index (χ2v) is 29.8. The van der Waals surface area contributed by atoms with Crippen molar-refractivity contribution < 1.29 is 0 Å². The zero-order valence-corrected chi connectivity index (χ0v) is 61.7. The van der Waals surface area contributed by atoms with Crippen molar-refractivity contribution in [1.29, 1.82) is 0 Å². The second-order valence-electron chi connectivity index (χ2n) is 27.7. The summed E-state index contributed by atoms with van der Waals surface area (Å²) in [6.45, 7) is 0. The summed E-state index contributed by atoms with van der Waals surface area (Å²) in [6, 6.07) is 127. The lowest BCUT2D eigenvalue weighted by Gasteiger charge is -2.14. The van der Waals surface area contributed by atoms with Crippen LogP contribution in [0.25, 0.3) is 208 Å². The Morgan fingerprint density at radius 2 is 0.554 bits per heavy atom. The van der Waals surface area contributed by atoms with E-state index in [4.69, 9.17) is 39.9 Å². The molecule has 0 radical (unpaired) electrons. The monoisotopic (exact) mass is 1470 g/mol. The molecule has 10 nitrogen and oxygen atoms in total. The largest absolute Gasteiger partial charge is 0.309 e. The standard InChI is InChI=1S/2C50H31N5S/c1-5-16-32(17-6-1)35-30-41(50-53-48(33-18-7-2-8-19-33)52-49(54-50)34-20-9-3-10-21-34)45(51-31-35)40-26-15-25-37-38-28-29-43-44(47(38)56-46(37)40)39-24-13-14-27-42(39)55(43)36-22-11-4-12-23-36;1-5-15-32(16-6-1)36-29-41(50-53-48(33-17-7-2-8-18-33)52-49(54-50)34-19-9-3-10-20-34)46(51-31-36)35-25-26-38-39-27-28-43-45(47(39)56-44(38)30-35)40-23-13-14-24-42(40)55(43)37-21-11-4-12-22-37/h2*1-31H. The van der Waals surface area contributed by atoms with E-state index in [1.807, 2.05) is 169 Å². The van der Waals surface area contributed by atoms with Gasteiger partial charge in [0.2, 0.25) is 0 Å². The molecule has 0 N–H and O–H groups in total. The van der Waals surface area contributed by atoms with Crippen molar-refractivity contribution in [3.8, 4) is 124 Å². The molecule has 8 heterocycles. The molecule has 0 fully saturated rings. The van der Waals surface area contributed by atoms with Gasteiger partial charge in [0.05, 0.1) is 33.5 Å². The third-order valence-electron chi connectivity index (χ3n) is 21.0. The maximum absolute atomic E-state index is 5.28. The fraction of sp³-hybridized carbons (Fsp3) is 0. The van der Waals surface area contributed by atoms with Gasteiger partial charge < -0.3 is 9.13 Å². The van der Waals surface area contributed by atoms with E-state index in [-0.39, 0.29) is 0 Å². The Balaban J connectivity index is 0.000000141. The first-order chi connectivity index (χ1) is 55.5. The maximum Gasteiger partial charge on any atom is 0.166 e. The number of hydrogen-bond acceptors (Lipinski definition) is 10. The van der Waals surface area contributed by atoms with Gasteiger partial charge >= 0.3 is 0 Å². The minimum Gasteiger partial charge on any atom is -0.309 e. The highest BCUT2D eigenvalue weighted by atomic mass is 32.1. The number of aromatic nitrogens is 10. The molecule has 12 heteroatoms. The van der Waals surface area contributed by atoms with Crippen LogP contribution in [0.2, 0.25) is 0 Å². The Hall–Kier alpha value is -14.6. The smallest absolute Gasteiger partial charge is 0.166 e. The van der Waals surface area contributed by atoms with Gasteiger partial charge in [-0.1, -0.05) is 297 Å². The summed E-state index contributed by atoms with van der Waals surface area (Å²) in [5.74, 6) is 3.60. The van der Waals surface area contributed by atoms with Gasteiger partial charge in [0.15, 0.2) is 34.9 Å². The lowest BCUT2D eigenvalue weighted by Crippen LogP contribution is -2.02. The van der Waals surface area contributed by atoms with Gasteiger partial charge in [-0.05, 0) is 77.9 Å². The van der Waals surface area contributed by atoms with Crippen LogP contribution in [0.1, 0.15) is 0 Å². The zero-order valence-electron chi connectivity index (χ0n) is 60.1. The maximum atomic E-state index is 5.28. The van der Waals surface area contributed by atoms with Crippen LogP contribution in [0.4, 0.5) is 0 Å². The normalized spacial score (nSPS) is 11.6. The average Bonchev–Trinajstić information content (AvgIpc) is 1.56. The number of hydrogen-bond donors (Lipinski definition) is 0. The van der Waals surface area contributed by atoms with Crippen LogP contribution in [0.15, 0.2) is 376 Å². The first-order valence-corrected chi connectivity index (χ1v) is 38.9. The quantitative estimate of drug-likeness (QED) is 0.119. The molecular formula is C100H62N10S2. The Labute approximate surface area is 652 Å². The van der Waals surface area contributed by atoms with Gasteiger partial charge in [0.25, 0.3) is 0 Å². The third kappa shape index (κ3) is 11.6. The van der Waals surface area contributed by atoms with Crippen molar-refractivity contribution in [3.05, 3.63) is 376 Å².